The molecule has 1 aromatic carbocycles. The smallest absolute Gasteiger partial charge is 0.338 e. The molecule has 0 saturated carbocycles. The molecule has 0 aliphatic carbocycles. The molecule has 7 nitrogen and oxygen atoms in total. The number of anilines is 1. The van der Waals surface area contributed by atoms with Gasteiger partial charge >= 0.3 is 5.97 Å². The third-order valence-corrected chi connectivity index (χ3v) is 5.45. The summed E-state index contributed by atoms with van der Waals surface area (Å²) < 4.78 is 14.1. The van der Waals surface area contributed by atoms with Gasteiger partial charge in [0.15, 0.2) is 0 Å². The lowest BCUT2D eigenvalue weighted by Crippen LogP contribution is -2.31. The number of thioether (sulfide) groups is 1. The third kappa shape index (κ3) is 4.61. The Labute approximate surface area is 183 Å². The molecule has 156 valence electrons. The molecule has 1 aromatic heterocycles. The molecule has 1 aliphatic rings. The molecule has 0 saturated heterocycles. The van der Waals surface area contributed by atoms with Crippen molar-refractivity contribution in [2.24, 2.45) is 0 Å². The van der Waals surface area contributed by atoms with Crippen LogP contribution in [-0.4, -0.2) is 39.2 Å². The molecular formula is C20H25BrN4O3S. The summed E-state index contributed by atoms with van der Waals surface area (Å²) in [5.74, 6) is 1.75. The Morgan fingerprint density at radius 2 is 2.14 bits per heavy atom. The molecule has 0 amide bonds. The van der Waals surface area contributed by atoms with Crippen molar-refractivity contribution < 1.29 is 14.3 Å². The minimum atomic E-state index is -0.518. The van der Waals surface area contributed by atoms with Crippen LogP contribution < -0.4 is 10.1 Å². The van der Waals surface area contributed by atoms with Gasteiger partial charge in [0, 0.05) is 15.7 Å². The van der Waals surface area contributed by atoms with Crippen LogP contribution in [0.1, 0.15) is 46.2 Å². The van der Waals surface area contributed by atoms with E-state index in [9.17, 15) is 4.79 Å². The van der Waals surface area contributed by atoms with Crippen LogP contribution in [0.2, 0.25) is 0 Å². The summed E-state index contributed by atoms with van der Waals surface area (Å²) in [6.07, 6.45) is -0.235. The van der Waals surface area contributed by atoms with Crippen molar-refractivity contribution in [3.63, 3.8) is 0 Å². The van der Waals surface area contributed by atoms with Crippen molar-refractivity contribution in [3.8, 4) is 5.75 Å². The maximum absolute atomic E-state index is 13.1. The second kappa shape index (κ2) is 9.21. The van der Waals surface area contributed by atoms with E-state index >= 15 is 0 Å². The van der Waals surface area contributed by atoms with Crippen LogP contribution in [0.15, 0.2) is 39.1 Å². The SMILES string of the molecule is CCOc1ccc(Br)cc1C1C(C(=O)OC(C)C)=C(C)Nc2nc(SCC)nn21. The molecule has 3 rings (SSSR count). The quantitative estimate of drug-likeness (QED) is 0.450. The van der Waals surface area contributed by atoms with Crippen molar-refractivity contribution in [1.29, 1.82) is 0 Å². The average molecular weight is 481 g/mol. The number of aromatic nitrogens is 3. The number of fused-ring (bicyclic) bond motifs is 1. The first-order chi connectivity index (χ1) is 13.8. The summed E-state index contributed by atoms with van der Waals surface area (Å²) in [7, 11) is 0. The number of nitrogens with zero attached hydrogens (tertiary/aromatic N) is 3. The highest BCUT2D eigenvalue weighted by molar-refractivity contribution is 9.10. The number of esters is 1. The molecule has 1 unspecified atom stereocenters. The first kappa shape index (κ1) is 21.7. The van der Waals surface area contributed by atoms with E-state index in [1.54, 1.807) is 16.4 Å². The minimum absolute atomic E-state index is 0.235. The molecule has 0 radical (unpaired) electrons. The fourth-order valence-corrected chi connectivity index (χ4v) is 4.10. The van der Waals surface area contributed by atoms with E-state index in [1.165, 1.54) is 0 Å². The van der Waals surface area contributed by atoms with Gasteiger partial charge in [-0.15, -0.1) is 5.10 Å². The summed E-state index contributed by atoms with van der Waals surface area (Å²) in [6, 6.07) is 5.24. The van der Waals surface area contributed by atoms with Gasteiger partial charge in [0.1, 0.15) is 11.8 Å². The van der Waals surface area contributed by atoms with Crippen molar-refractivity contribution in [2.45, 2.75) is 51.9 Å². The maximum Gasteiger partial charge on any atom is 0.338 e. The van der Waals surface area contributed by atoms with Gasteiger partial charge in [-0.1, -0.05) is 34.6 Å². The fourth-order valence-electron chi connectivity index (χ4n) is 3.17. The van der Waals surface area contributed by atoms with Crippen LogP contribution in [0, 0.1) is 0 Å². The number of benzene rings is 1. The Balaban J connectivity index is 2.20. The number of carbonyl (C=O) groups excluding carboxylic acids is 1. The monoisotopic (exact) mass is 480 g/mol. The lowest BCUT2D eigenvalue weighted by molar-refractivity contribution is -0.143. The van der Waals surface area contributed by atoms with Gasteiger partial charge in [0.05, 0.1) is 18.3 Å². The van der Waals surface area contributed by atoms with Crippen molar-refractivity contribution >= 4 is 39.6 Å². The van der Waals surface area contributed by atoms with E-state index in [1.807, 2.05) is 52.8 Å². The topological polar surface area (TPSA) is 78.3 Å². The van der Waals surface area contributed by atoms with Gasteiger partial charge in [-0.25, -0.2) is 9.48 Å². The van der Waals surface area contributed by atoms with Crippen LogP contribution in [-0.2, 0) is 9.53 Å². The number of nitrogens with one attached hydrogen (secondary N) is 1. The zero-order chi connectivity index (χ0) is 21.1. The fraction of sp³-hybridized carbons (Fsp3) is 0.450. The van der Waals surface area contributed by atoms with E-state index in [-0.39, 0.29) is 12.1 Å². The second-order valence-electron chi connectivity index (χ2n) is 6.73. The average Bonchev–Trinajstić information content (AvgIpc) is 3.03. The first-order valence-electron chi connectivity index (χ1n) is 9.56. The number of ether oxygens (including phenoxy) is 2. The van der Waals surface area contributed by atoms with Crippen molar-refractivity contribution in [2.75, 3.05) is 17.7 Å². The number of halogens is 1. The molecule has 0 bridgehead atoms. The predicted molar refractivity (Wildman–Crippen MR) is 117 cm³/mol. The number of hydrogen-bond acceptors (Lipinski definition) is 7. The van der Waals surface area contributed by atoms with Crippen LogP contribution in [0.5, 0.6) is 5.75 Å². The minimum Gasteiger partial charge on any atom is -0.494 e. The predicted octanol–water partition coefficient (Wildman–Crippen LogP) is 4.79. The van der Waals surface area contributed by atoms with Crippen molar-refractivity contribution in [1.82, 2.24) is 14.8 Å². The molecule has 1 N–H and O–H groups in total. The van der Waals surface area contributed by atoms with Gasteiger partial charge < -0.3 is 14.8 Å². The normalized spacial score (nSPS) is 15.9. The molecular weight excluding hydrogens is 456 g/mol. The number of rotatable bonds is 7. The van der Waals surface area contributed by atoms with E-state index in [2.05, 4.69) is 31.3 Å². The molecule has 2 aromatic rings. The Kier molecular flexibility index (Phi) is 6.89. The van der Waals surface area contributed by atoms with Crippen molar-refractivity contribution in [3.05, 3.63) is 39.5 Å². The molecule has 9 heteroatoms. The van der Waals surface area contributed by atoms with E-state index in [4.69, 9.17) is 9.47 Å². The summed E-state index contributed by atoms with van der Waals surface area (Å²) in [5, 5.41) is 8.53. The number of allylic oxidation sites excluding steroid dienone is 1. The van der Waals surface area contributed by atoms with Crippen LogP contribution in [0.25, 0.3) is 0 Å². The maximum atomic E-state index is 13.1. The first-order valence-corrected chi connectivity index (χ1v) is 11.3. The Morgan fingerprint density at radius 3 is 2.79 bits per heavy atom. The highest BCUT2D eigenvalue weighted by Gasteiger charge is 2.37. The molecule has 1 atom stereocenters. The van der Waals surface area contributed by atoms with Gasteiger partial charge in [-0.05, 0) is 51.6 Å². The van der Waals surface area contributed by atoms with Gasteiger partial charge in [0.25, 0.3) is 0 Å². The van der Waals surface area contributed by atoms with Gasteiger partial charge in [-0.2, -0.15) is 4.98 Å². The highest BCUT2D eigenvalue weighted by atomic mass is 79.9. The molecule has 1 aliphatic heterocycles. The van der Waals surface area contributed by atoms with E-state index < -0.39 is 6.04 Å². The lowest BCUT2D eigenvalue weighted by Gasteiger charge is -2.29. The van der Waals surface area contributed by atoms with E-state index in [0.717, 1.165) is 15.8 Å². The van der Waals surface area contributed by atoms with E-state index in [0.29, 0.717) is 34.7 Å². The molecule has 29 heavy (non-hydrogen) atoms. The Hall–Kier alpha value is -2.00. The molecule has 0 spiro atoms. The van der Waals surface area contributed by atoms with Crippen LogP contribution >= 0.6 is 27.7 Å². The zero-order valence-corrected chi connectivity index (χ0v) is 19.6. The Morgan fingerprint density at radius 1 is 1.38 bits per heavy atom. The highest BCUT2D eigenvalue weighted by Crippen LogP contribution is 2.41. The standard InChI is InChI=1S/C20H25BrN4O3S/c1-6-27-15-9-8-13(21)10-14(15)17-16(18(26)28-11(3)4)12(5)22-19-23-20(29-7-2)24-25(17)19/h8-11,17H,6-7H2,1-5H3,(H,22,23,24). The molecule has 0 fully saturated rings. The zero-order valence-electron chi connectivity index (χ0n) is 17.2. The molecule has 2 heterocycles. The van der Waals surface area contributed by atoms with Gasteiger partial charge in [-0.3, -0.25) is 0 Å². The van der Waals surface area contributed by atoms with Crippen LogP contribution in [0.3, 0.4) is 0 Å². The largest absolute Gasteiger partial charge is 0.494 e. The Bertz CT molecular complexity index is 942. The lowest BCUT2D eigenvalue weighted by atomic mass is 9.95. The summed E-state index contributed by atoms with van der Waals surface area (Å²) >= 11 is 5.09. The number of carbonyl (C=O) groups is 1. The third-order valence-electron chi connectivity index (χ3n) is 4.24. The summed E-state index contributed by atoms with van der Waals surface area (Å²) in [4.78, 5) is 17.6. The second-order valence-corrected chi connectivity index (χ2v) is 8.88. The van der Waals surface area contributed by atoms with Crippen LogP contribution in [0.4, 0.5) is 5.95 Å². The summed E-state index contributed by atoms with van der Waals surface area (Å²) in [6.45, 7) is 10.0. The van der Waals surface area contributed by atoms with Gasteiger partial charge in [0.2, 0.25) is 11.1 Å². The summed E-state index contributed by atoms with van der Waals surface area (Å²) in [5.41, 5.74) is 2.00. The number of hydrogen-bond donors (Lipinski definition) is 1.